The summed E-state index contributed by atoms with van der Waals surface area (Å²) < 4.78 is 83.0. The van der Waals surface area contributed by atoms with Crippen LogP contribution in [0.4, 0.5) is 23.4 Å². The third-order valence-electron chi connectivity index (χ3n) is 5.29. The Morgan fingerprint density at radius 1 is 0.912 bits per heavy atom. The Kier molecular flexibility index (Phi) is 6.02. The molecule has 0 bridgehead atoms. The molecule has 0 saturated carbocycles. The Balaban J connectivity index is 1.81. The van der Waals surface area contributed by atoms with Gasteiger partial charge in [0.05, 0.1) is 12.9 Å². The molecule has 0 fully saturated rings. The van der Waals surface area contributed by atoms with Crippen molar-refractivity contribution in [2.24, 2.45) is 0 Å². The quantitative estimate of drug-likeness (QED) is 0.322. The van der Waals surface area contributed by atoms with Gasteiger partial charge in [0.25, 0.3) is 5.16 Å². The van der Waals surface area contributed by atoms with E-state index < -0.39 is 38.3 Å². The van der Waals surface area contributed by atoms with Crippen molar-refractivity contribution in [2.45, 2.75) is 32.1 Å². The van der Waals surface area contributed by atoms with Gasteiger partial charge in [0.2, 0.25) is 9.84 Å². The highest BCUT2D eigenvalue weighted by Gasteiger charge is 2.21. The van der Waals surface area contributed by atoms with Gasteiger partial charge in [0.1, 0.15) is 23.3 Å². The molecule has 0 aliphatic carbocycles. The number of rotatable bonds is 6. The van der Waals surface area contributed by atoms with Crippen LogP contribution in [0.15, 0.2) is 35.7 Å². The van der Waals surface area contributed by atoms with Crippen molar-refractivity contribution in [2.75, 3.05) is 11.6 Å². The summed E-state index contributed by atoms with van der Waals surface area (Å²) >= 11 is 0. The molecule has 178 valence electrons. The van der Waals surface area contributed by atoms with Crippen molar-refractivity contribution in [1.82, 2.24) is 19.5 Å². The van der Waals surface area contributed by atoms with Crippen LogP contribution in [0.3, 0.4) is 0 Å². The van der Waals surface area contributed by atoms with E-state index in [0.29, 0.717) is 0 Å². The van der Waals surface area contributed by atoms with Gasteiger partial charge in [0, 0.05) is 23.9 Å². The number of nitrogens with one attached hydrogen (secondary N) is 1. The second-order valence-corrected chi connectivity index (χ2v) is 9.75. The van der Waals surface area contributed by atoms with Gasteiger partial charge in [-0.05, 0) is 37.1 Å². The first kappa shape index (κ1) is 23.6. The van der Waals surface area contributed by atoms with E-state index in [4.69, 9.17) is 0 Å². The maximum atomic E-state index is 14.5. The van der Waals surface area contributed by atoms with E-state index in [-0.39, 0.29) is 52.3 Å². The number of nitrogens with zero attached hydrogens (tertiary/aromatic N) is 4. The molecule has 2 heterocycles. The van der Waals surface area contributed by atoms with Gasteiger partial charge in [-0.15, -0.1) is 0 Å². The molecule has 2 aromatic heterocycles. The van der Waals surface area contributed by atoms with Crippen LogP contribution in [-0.2, 0) is 22.9 Å². The lowest BCUT2D eigenvalue weighted by atomic mass is 10.1. The second-order valence-electron chi connectivity index (χ2n) is 7.84. The highest BCUT2D eigenvalue weighted by molar-refractivity contribution is 7.90. The number of imidazole rings is 1. The number of benzene rings is 2. The standard InChI is InChI=1S/C22H19F4N5O2S/c1-11-4-6-15(23)13(17(11)25)8-27-20-19-21(30-22(29-20)34(3,32)33)31(10-28-19)9-14-16(24)7-5-12(2)18(14)26/h4-7,10H,8-9H2,1-3H3,(H,27,29,30). The SMILES string of the molecule is Cc1ccc(F)c(CNc2nc(S(C)(=O)=O)nc3c2ncn3Cc2c(F)ccc(C)c2F)c1F. The van der Waals surface area contributed by atoms with Crippen molar-refractivity contribution in [1.29, 1.82) is 0 Å². The molecular formula is C22H19F4N5O2S. The molecule has 0 aliphatic rings. The van der Waals surface area contributed by atoms with E-state index in [0.717, 1.165) is 18.4 Å². The number of aryl methyl sites for hydroxylation is 2. The van der Waals surface area contributed by atoms with Crippen LogP contribution >= 0.6 is 0 Å². The number of aromatic nitrogens is 4. The van der Waals surface area contributed by atoms with E-state index in [2.05, 4.69) is 20.3 Å². The molecule has 0 saturated heterocycles. The first-order chi connectivity index (χ1) is 16.0. The van der Waals surface area contributed by atoms with Crippen LogP contribution in [0, 0.1) is 37.1 Å². The number of hydrogen-bond donors (Lipinski definition) is 1. The average Bonchev–Trinajstić information content (AvgIpc) is 3.19. The zero-order chi connectivity index (χ0) is 24.8. The number of anilines is 1. The number of fused-ring (bicyclic) bond motifs is 1. The summed E-state index contributed by atoms with van der Waals surface area (Å²) in [7, 11) is -3.91. The van der Waals surface area contributed by atoms with E-state index in [1.807, 2.05) is 0 Å². The summed E-state index contributed by atoms with van der Waals surface area (Å²) in [6, 6.07) is 4.84. The molecule has 2 aromatic carbocycles. The summed E-state index contributed by atoms with van der Waals surface area (Å²) in [5.41, 5.74) is -0.0165. The largest absolute Gasteiger partial charge is 0.364 e. The van der Waals surface area contributed by atoms with E-state index >= 15 is 0 Å². The average molecular weight is 493 g/mol. The summed E-state index contributed by atoms with van der Waals surface area (Å²) in [5.74, 6) is -3.18. The second kappa shape index (κ2) is 8.67. The fourth-order valence-electron chi connectivity index (χ4n) is 3.41. The van der Waals surface area contributed by atoms with Gasteiger partial charge >= 0.3 is 0 Å². The highest BCUT2D eigenvalue weighted by Crippen LogP contribution is 2.25. The molecule has 0 aliphatic heterocycles. The molecule has 7 nitrogen and oxygen atoms in total. The molecule has 1 N–H and O–H groups in total. The third kappa shape index (κ3) is 4.32. The normalized spacial score (nSPS) is 11.9. The Bertz CT molecular complexity index is 1540. The molecular weight excluding hydrogens is 474 g/mol. The van der Waals surface area contributed by atoms with Crippen LogP contribution in [0.2, 0.25) is 0 Å². The van der Waals surface area contributed by atoms with Crippen LogP contribution < -0.4 is 5.32 Å². The van der Waals surface area contributed by atoms with Gasteiger partial charge in [-0.3, -0.25) is 0 Å². The monoisotopic (exact) mass is 493 g/mol. The summed E-state index contributed by atoms with van der Waals surface area (Å²) in [6.07, 6.45) is 2.12. The number of halogens is 4. The van der Waals surface area contributed by atoms with Crippen LogP contribution in [0.1, 0.15) is 22.3 Å². The van der Waals surface area contributed by atoms with E-state index in [1.165, 1.54) is 36.9 Å². The molecule has 0 radical (unpaired) electrons. The Morgan fingerprint density at radius 2 is 1.50 bits per heavy atom. The molecule has 0 unspecified atom stereocenters. The van der Waals surface area contributed by atoms with Gasteiger partial charge in [-0.2, -0.15) is 9.97 Å². The van der Waals surface area contributed by atoms with E-state index in [1.54, 1.807) is 0 Å². The van der Waals surface area contributed by atoms with Crippen molar-refractivity contribution in [3.8, 4) is 0 Å². The van der Waals surface area contributed by atoms with Gasteiger partial charge < -0.3 is 9.88 Å². The summed E-state index contributed by atoms with van der Waals surface area (Å²) in [5, 5.41) is 2.13. The zero-order valence-electron chi connectivity index (χ0n) is 18.3. The number of sulfone groups is 1. The van der Waals surface area contributed by atoms with Gasteiger partial charge in [-0.25, -0.2) is 31.0 Å². The Labute approximate surface area is 192 Å². The maximum Gasteiger partial charge on any atom is 0.250 e. The maximum absolute atomic E-state index is 14.5. The highest BCUT2D eigenvalue weighted by atomic mass is 32.2. The number of hydrogen-bond acceptors (Lipinski definition) is 6. The first-order valence-electron chi connectivity index (χ1n) is 10.0. The molecule has 0 spiro atoms. The Hall–Kier alpha value is -3.54. The van der Waals surface area contributed by atoms with Crippen molar-refractivity contribution in [3.63, 3.8) is 0 Å². The van der Waals surface area contributed by atoms with Crippen molar-refractivity contribution >= 4 is 26.8 Å². The lowest BCUT2D eigenvalue weighted by Crippen LogP contribution is -2.12. The lowest BCUT2D eigenvalue weighted by molar-refractivity contribution is 0.540. The van der Waals surface area contributed by atoms with Gasteiger partial charge in [0.15, 0.2) is 17.0 Å². The molecule has 0 amide bonds. The topological polar surface area (TPSA) is 89.8 Å². The van der Waals surface area contributed by atoms with Crippen molar-refractivity contribution < 1.29 is 26.0 Å². The molecule has 4 aromatic rings. The van der Waals surface area contributed by atoms with E-state index in [9.17, 15) is 26.0 Å². The molecule has 34 heavy (non-hydrogen) atoms. The first-order valence-corrected chi connectivity index (χ1v) is 11.9. The predicted molar refractivity (Wildman–Crippen MR) is 117 cm³/mol. The molecule has 12 heteroatoms. The van der Waals surface area contributed by atoms with Gasteiger partial charge in [-0.1, -0.05) is 12.1 Å². The third-order valence-corrected chi connectivity index (χ3v) is 6.14. The van der Waals surface area contributed by atoms with Crippen LogP contribution in [0.25, 0.3) is 11.2 Å². The van der Waals surface area contributed by atoms with Crippen molar-refractivity contribution in [3.05, 3.63) is 76.1 Å². The Morgan fingerprint density at radius 3 is 2.12 bits per heavy atom. The zero-order valence-corrected chi connectivity index (χ0v) is 19.1. The minimum atomic E-state index is -3.91. The minimum Gasteiger partial charge on any atom is -0.364 e. The summed E-state index contributed by atoms with van der Waals surface area (Å²) in [4.78, 5) is 12.1. The smallest absolute Gasteiger partial charge is 0.250 e. The fraction of sp³-hybridized carbons (Fsp3) is 0.227. The van der Waals surface area contributed by atoms with Crippen LogP contribution in [0.5, 0.6) is 0 Å². The summed E-state index contributed by atoms with van der Waals surface area (Å²) in [6.45, 7) is 2.28. The lowest BCUT2D eigenvalue weighted by Gasteiger charge is -2.12. The molecule has 4 rings (SSSR count). The molecule has 0 atom stereocenters. The van der Waals surface area contributed by atoms with Crippen LogP contribution in [-0.4, -0.2) is 34.2 Å². The minimum absolute atomic E-state index is 0.0246. The predicted octanol–water partition coefficient (Wildman–Crippen LogP) is 4.06. The fourth-order valence-corrected chi connectivity index (χ4v) is 3.92.